The van der Waals surface area contributed by atoms with Crippen molar-refractivity contribution < 1.29 is 14.3 Å². The third-order valence-electron chi connectivity index (χ3n) is 3.63. The van der Waals surface area contributed by atoms with Crippen molar-refractivity contribution in [3.8, 4) is 5.75 Å². The largest absolute Gasteiger partial charge is 0.497 e. The number of benzene rings is 1. The van der Waals surface area contributed by atoms with E-state index in [-0.39, 0.29) is 11.8 Å². The van der Waals surface area contributed by atoms with Gasteiger partial charge >= 0.3 is 0 Å². The van der Waals surface area contributed by atoms with Crippen LogP contribution in [0.1, 0.15) is 23.2 Å². The van der Waals surface area contributed by atoms with Crippen molar-refractivity contribution in [2.45, 2.75) is 12.8 Å². The summed E-state index contributed by atoms with van der Waals surface area (Å²) in [6, 6.07) is 5.30. The minimum Gasteiger partial charge on any atom is -0.497 e. The first-order valence-corrected chi connectivity index (χ1v) is 7.69. The highest BCUT2D eigenvalue weighted by Crippen LogP contribution is 2.23. The van der Waals surface area contributed by atoms with Crippen LogP contribution in [0.3, 0.4) is 0 Å². The van der Waals surface area contributed by atoms with Crippen LogP contribution in [-0.2, 0) is 4.79 Å². The van der Waals surface area contributed by atoms with Crippen molar-refractivity contribution in [3.05, 3.63) is 28.2 Å². The van der Waals surface area contributed by atoms with Crippen LogP contribution >= 0.6 is 15.9 Å². The summed E-state index contributed by atoms with van der Waals surface area (Å²) in [6.45, 7) is 1.90. The Kier molecular flexibility index (Phi) is 5.22. The molecule has 21 heavy (non-hydrogen) atoms. The van der Waals surface area contributed by atoms with Gasteiger partial charge in [-0.3, -0.25) is 9.59 Å². The summed E-state index contributed by atoms with van der Waals surface area (Å²) in [5.74, 6) is 0.732. The molecule has 1 aromatic rings. The molecule has 2 rings (SSSR count). The Morgan fingerprint density at radius 3 is 2.86 bits per heavy atom. The van der Waals surface area contributed by atoms with Gasteiger partial charge in [0.25, 0.3) is 5.91 Å². The number of likely N-dealkylation sites (tertiary alicyclic amines) is 1. The number of hydrogen-bond donors (Lipinski definition) is 0. The van der Waals surface area contributed by atoms with Crippen LogP contribution < -0.4 is 4.74 Å². The Bertz CT molecular complexity index is 548. The molecule has 1 aromatic carbocycles. The first kappa shape index (κ1) is 15.8. The molecule has 0 bridgehead atoms. The quantitative estimate of drug-likeness (QED) is 0.813. The third kappa shape index (κ3) is 3.75. The Morgan fingerprint density at radius 2 is 2.24 bits per heavy atom. The van der Waals surface area contributed by atoms with Gasteiger partial charge in [-0.1, -0.05) is 0 Å². The van der Waals surface area contributed by atoms with Crippen LogP contribution in [-0.4, -0.2) is 55.4 Å². The molecule has 0 unspecified atom stereocenters. The zero-order chi connectivity index (χ0) is 15.4. The van der Waals surface area contributed by atoms with Crippen LogP contribution in [0.25, 0.3) is 0 Å². The smallest absolute Gasteiger partial charge is 0.254 e. The minimum atomic E-state index is -0.0904. The van der Waals surface area contributed by atoms with Crippen molar-refractivity contribution in [1.29, 1.82) is 0 Å². The third-order valence-corrected chi connectivity index (χ3v) is 4.32. The molecule has 0 radical (unpaired) electrons. The summed E-state index contributed by atoms with van der Waals surface area (Å²) < 4.78 is 5.88. The number of likely N-dealkylation sites (N-methyl/N-ethyl adjacent to an activating group) is 1. The van der Waals surface area contributed by atoms with E-state index in [4.69, 9.17) is 4.74 Å². The Labute approximate surface area is 133 Å². The second-order valence-electron chi connectivity index (χ2n) is 5.06. The average molecular weight is 355 g/mol. The molecule has 1 fully saturated rings. The molecule has 5 nitrogen and oxygen atoms in total. The SMILES string of the molecule is COc1ccc(Br)c(C(=O)N(C)CCN2CCCC2=O)c1. The molecule has 114 valence electrons. The van der Waals surface area contributed by atoms with Gasteiger partial charge in [0.2, 0.25) is 5.91 Å². The molecule has 0 N–H and O–H groups in total. The number of carbonyl (C=O) groups is 2. The molecule has 6 heteroatoms. The number of methoxy groups -OCH3 is 1. The molecule has 0 aromatic heterocycles. The number of nitrogens with zero attached hydrogens (tertiary/aromatic N) is 2. The number of amides is 2. The predicted molar refractivity (Wildman–Crippen MR) is 83.5 cm³/mol. The van der Waals surface area contributed by atoms with E-state index in [0.29, 0.717) is 30.8 Å². The number of ether oxygens (including phenoxy) is 1. The maximum absolute atomic E-state index is 12.5. The number of hydrogen-bond acceptors (Lipinski definition) is 3. The first-order valence-electron chi connectivity index (χ1n) is 6.89. The summed E-state index contributed by atoms with van der Waals surface area (Å²) in [5.41, 5.74) is 0.560. The highest BCUT2D eigenvalue weighted by Gasteiger charge is 2.22. The van der Waals surface area contributed by atoms with Gasteiger partial charge < -0.3 is 14.5 Å². The van der Waals surface area contributed by atoms with E-state index in [1.165, 1.54) is 0 Å². The number of halogens is 1. The van der Waals surface area contributed by atoms with Gasteiger partial charge in [-0.15, -0.1) is 0 Å². The van der Waals surface area contributed by atoms with Crippen LogP contribution in [0.15, 0.2) is 22.7 Å². The van der Waals surface area contributed by atoms with Crippen molar-refractivity contribution in [2.24, 2.45) is 0 Å². The van der Waals surface area contributed by atoms with E-state index in [2.05, 4.69) is 15.9 Å². The molecule has 0 saturated carbocycles. The fraction of sp³-hybridized carbons (Fsp3) is 0.467. The lowest BCUT2D eigenvalue weighted by molar-refractivity contribution is -0.127. The van der Waals surface area contributed by atoms with Gasteiger partial charge in [0.1, 0.15) is 5.75 Å². The Morgan fingerprint density at radius 1 is 1.48 bits per heavy atom. The topological polar surface area (TPSA) is 49.9 Å². The minimum absolute atomic E-state index is 0.0904. The van der Waals surface area contributed by atoms with Gasteiger partial charge in [-0.05, 0) is 40.5 Å². The van der Waals surface area contributed by atoms with E-state index in [1.54, 1.807) is 37.3 Å². The van der Waals surface area contributed by atoms with Gasteiger partial charge in [0, 0.05) is 37.6 Å². The molecule has 0 spiro atoms. The van der Waals surface area contributed by atoms with E-state index in [9.17, 15) is 9.59 Å². The van der Waals surface area contributed by atoms with E-state index >= 15 is 0 Å². The lowest BCUT2D eigenvalue weighted by Gasteiger charge is -2.22. The lowest BCUT2D eigenvalue weighted by Crippen LogP contribution is -2.37. The summed E-state index contributed by atoms with van der Waals surface area (Å²) in [4.78, 5) is 27.5. The van der Waals surface area contributed by atoms with E-state index < -0.39 is 0 Å². The number of rotatable bonds is 5. The van der Waals surface area contributed by atoms with Crippen molar-refractivity contribution in [2.75, 3.05) is 33.8 Å². The fourth-order valence-corrected chi connectivity index (χ4v) is 2.73. The van der Waals surface area contributed by atoms with E-state index in [1.807, 2.05) is 4.90 Å². The fourth-order valence-electron chi connectivity index (χ4n) is 2.31. The van der Waals surface area contributed by atoms with Crippen molar-refractivity contribution >= 4 is 27.7 Å². The molecular weight excluding hydrogens is 336 g/mol. The highest BCUT2D eigenvalue weighted by molar-refractivity contribution is 9.10. The van der Waals surface area contributed by atoms with Crippen LogP contribution in [0.4, 0.5) is 0 Å². The zero-order valence-corrected chi connectivity index (χ0v) is 13.9. The highest BCUT2D eigenvalue weighted by atomic mass is 79.9. The summed E-state index contributed by atoms with van der Waals surface area (Å²) in [5, 5.41) is 0. The van der Waals surface area contributed by atoms with Crippen molar-refractivity contribution in [3.63, 3.8) is 0 Å². The van der Waals surface area contributed by atoms with Gasteiger partial charge in [-0.2, -0.15) is 0 Å². The van der Waals surface area contributed by atoms with Crippen LogP contribution in [0.2, 0.25) is 0 Å². The molecule has 0 aliphatic carbocycles. The van der Waals surface area contributed by atoms with Crippen LogP contribution in [0, 0.1) is 0 Å². The molecule has 1 aliphatic rings. The maximum Gasteiger partial charge on any atom is 0.254 e. The van der Waals surface area contributed by atoms with Crippen molar-refractivity contribution in [1.82, 2.24) is 9.80 Å². The molecule has 1 aliphatic heterocycles. The number of carbonyl (C=O) groups excluding carboxylic acids is 2. The van der Waals surface area contributed by atoms with Gasteiger partial charge in [0.15, 0.2) is 0 Å². The Hall–Kier alpha value is -1.56. The molecule has 0 atom stereocenters. The monoisotopic (exact) mass is 354 g/mol. The molecule has 1 saturated heterocycles. The Balaban J connectivity index is 2.00. The van der Waals surface area contributed by atoms with Gasteiger partial charge in [-0.25, -0.2) is 0 Å². The summed E-state index contributed by atoms with van der Waals surface area (Å²) >= 11 is 3.39. The average Bonchev–Trinajstić information content (AvgIpc) is 2.90. The maximum atomic E-state index is 12.5. The second kappa shape index (κ2) is 6.93. The molecular formula is C15H19BrN2O3. The van der Waals surface area contributed by atoms with Crippen LogP contribution in [0.5, 0.6) is 5.75 Å². The predicted octanol–water partition coefficient (Wildman–Crippen LogP) is 2.15. The normalized spacial score (nSPS) is 14.4. The molecule has 1 heterocycles. The summed E-state index contributed by atoms with van der Waals surface area (Å²) in [7, 11) is 3.31. The lowest BCUT2D eigenvalue weighted by atomic mass is 10.2. The summed E-state index contributed by atoms with van der Waals surface area (Å²) in [6.07, 6.45) is 1.54. The van der Waals surface area contributed by atoms with E-state index in [0.717, 1.165) is 17.4 Å². The zero-order valence-electron chi connectivity index (χ0n) is 12.3. The molecule has 2 amide bonds. The standard InChI is InChI=1S/C15H19BrN2O3/c1-17(8-9-18-7-3-4-14(18)19)15(20)12-10-11(21-2)5-6-13(12)16/h5-6,10H,3-4,7-9H2,1-2H3. The second-order valence-corrected chi connectivity index (χ2v) is 5.91. The van der Waals surface area contributed by atoms with Gasteiger partial charge in [0.05, 0.1) is 12.7 Å². The first-order chi connectivity index (χ1) is 10.0.